The zero-order chi connectivity index (χ0) is 21.8. The van der Waals surface area contributed by atoms with Gasteiger partial charge in [0.2, 0.25) is 0 Å². The van der Waals surface area contributed by atoms with E-state index >= 15 is 0 Å². The van der Waals surface area contributed by atoms with Gasteiger partial charge in [-0.3, -0.25) is 9.59 Å². The molecule has 1 heterocycles. The molecule has 3 rings (SSSR count). The number of benzene rings is 2. The number of carbonyl (C=O) groups is 2. The second kappa shape index (κ2) is 9.45. The third kappa shape index (κ3) is 4.57. The fraction of sp³-hybridized carbons (Fsp3) is 0.304. The van der Waals surface area contributed by atoms with Crippen molar-refractivity contribution in [1.29, 1.82) is 0 Å². The average molecular weight is 473 g/mol. The summed E-state index contributed by atoms with van der Waals surface area (Å²) < 4.78 is 6.05. The highest BCUT2D eigenvalue weighted by Gasteiger charge is 2.45. The van der Waals surface area contributed by atoms with Crippen LogP contribution in [0.4, 0.5) is 0 Å². The number of aliphatic hydroxyl groups is 1. The van der Waals surface area contributed by atoms with Gasteiger partial charge in [0.15, 0.2) is 0 Å². The molecule has 158 valence electrons. The number of ketones is 1. The van der Waals surface area contributed by atoms with Gasteiger partial charge in [0, 0.05) is 16.6 Å². The van der Waals surface area contributed by atoms with E-state index in [-0.39, 0.29) is 11.3 Å². The van der Waals surface area contributed by atoms with Crippen LogP contribution in [0.5, 0.6) is 5.75 Å². The van der Waals surface area contributed by atoms with E-state index in [1.807, 2.05) is 43.3 Å². The minimum absolute atomic E-state index is 0.109. The molecule has 2 aromatic rings. The molecule has 6 nitrogen and oxygen atoms in total. The van der Waals surface area contributed by atoms with Gasteiger partial charge in [-0.1, -0.05) is 28.1 Å². The van der Waals surface area contributed by atoms with Crippen molar-refractivity contribution in [3.63, 3.8) is 0 Å². The third-order valence-corrected chi connectivity index (χ3v) is 5.62. The molecule has 2 aromatic carbocycles. The Kier molecular flexibility index (Phi) is 6.95. The Balaban J connectivity index is 2.06. The quantitative estimate of drug-likeness (QED) is 0.376. The molecule has 1 amide bonds. The minimum Gasteiger partial charge on any atom is -0.507 e. The summed E-state index contributed by atoms with van der Waals surface area (Å²) in [4.78, 5) is 29.4. The zero-order valence-corrected chi connectivity index (χ0v) is 18.8. The molecule has 1 aliphatic rings. The highest BCUT2D eigenvalue weighted by molar-refractivity contribution is 9.10. The monoisotopic (exact) mass is 472 g/mol. The van der Waals surface area contributed by atoms with Gasteiger partial charge < -0.3 is 19.6 Å². The molecule has 0 spiro atoms. The average Bonchev–Trinajstić information content (AvgIpc) is 2.98. The molecule has 1 fully saturated rings. The van der Waals surface area contributed by atoms with Gasteiger partial charge in [0.05, 0.1) is 18.7 Å². The number of amides is 1. The van der Waals surface area contributed by atoms with Crippen molar-refractivity contribution in [2.24, 2.45) is 0 Å². The molecule has 1 N–H and O–H groups in total. The fourth-order valence-corrected chi connectivity index (χ4v) is 3.83. The zero-order valence-electron chi connectivity index (χ0n) is 17.3. The smallest absolute Gasteiger partial charge is 0.295 e. The van der Waals surface area contributed by atoms with E-state index in [4.69, 9.17) is 4.74 Å². The van der Waals surface area contributed by atoms with Crippen molar-refractivity contribution >= 4 is 33.4 Å². The van der Waals surface area contributed by atoms with Gasteiger partial charge >= 0.3 is 0 Å². The normalized spacial score (nSPS) is 18.3. The van der Waals surface area contributed by atoms with Gasteiger partial charge in [-0.05, 0) is 69.0 Å². The number of methoxy groups -OCH3 is 1. The first-order valence-corrected chi connectivity index (χ1v) is 10.5. The van der Waals surface area contributed by atoms with Gasteiger partial charge in [-0.2, -0.15) is 0 Å². The van der Waals surface area contributed by atoms with Crippen molar-refractivity contribution in [3.05, 3.63) is 69.7 Å². The Morgan fingerprint density at radius 2 is 1.73 bits per heavy atom. The molecule has 0 unspecified atom stereocenters. The second-order valence-corrected chi connectivity index (χ2v) is 8.35. The molecular weight excluding hydrogens is 448 g/mol. The summed E-state index contributed by atoms with van der Waals surface area (Å²) >= 11 is 3.42. The Labute approximate surface area is 184 Å². The van der Waals surface area contributed by atoms with E-state index in [2.05, 4.69) is 15.9 Å². The second-order valence-electron chi connectivity index (χ2n) is 7.43. The Morgan fingerprint density at radius 1 is 1.10 bits per heavy atom. The number of ether oxygens (including phenoxy) is 1. The van der Waals surface area contributed by atoms with E-state index in [1.165, 1.54) is 0 Å². The van der Waals surface area contributed by atoms with Crippen LogP contribution in [-0.2, 0) is 9.59 Å². The van der Waals surface area contributed by atoms with Crippen LogP contribution in [0.15, 0.2) is 58.6 Å². The lowest BCUT2D eigenvalue weighted by Gasteiger charge is -2.26. The fourth-order valence-electron chi connectivity index (χ4n) is 3.56. The van der Waals surface area contributed by atoms with E-state index in [0.29, 0.717) is 17.9 Å². The number of Topliss-reactive ketones (excluding diaryl/α,β-unsaturated/α-hetero) is 1. The van der Waals surface area contributed by atoms with Crippen molar-refractivity contribution in [2.45, 2.75) is 12.5 Å². The van der Waals surface area contributed by atoms with Gasteiger partial charge in [-0.15, -0.1) is 0 Å². The van der Waals surface area contributed by atoms with Crippen LogP contribution in [0.25, 0.3) is 5.76 Å². The standard InChI is InChI=1S/C23H25BrN2O4/c1-25(2)13-4-14-26-20(15-5-9-17(24)10-6-15)19(22(28)23(26)29)21(27)16-7-11-18(30-3)12-8-16/h5-12,20,27H,4,13-14H2,1-3H3/t20-/m0/s1. The highest BCUT2D eigenvalue weighted by Crippen LogP contribution is 2.39. The maximum Gasteiger partial charge on any atom is 0.295 e. The summed E-state index contributed by atoms with van der Waals surface area (Å²) in [6.07, 6.45) is 0.718. The summed E-state index contributed by atoms with van der Waals surface area (Å²) in [6.45, 7) is 1.21. The minimum atomic E-state index is -0.666. The predicted molar refractivity (Wildman–Crippen MR) is 119 cm³/mol. The maximum atomic E-state index is 12.9. The molecule has 0 aromatic heterocycles. The Morgan fingerprint density at radius 3 is 2.30 bits per heavy atom. The van der Waals surface area contributed by atoms with Crippen LogP contribution in [0.1, 0.15) is 23.6 Å². The largest absolute Gasteiger partial charge is 0.507 e. The molecule has 7 heteroatoms. The third-order valence-electron chi connectivity index (χ3n) is 5.09. The summed E-state index contributed by atoms with van der Waals surface area (Å²) in [5, 5.41) is 11.0. The van der Waals surface area contributed by atoms with Gasteiger partial charge in [0.1, 0.15) is 11.5 Å². The Bertz CT molecular complexity index is 952. The molecule has 1 atom stereocenters. The summed E-state index contributed by atoms with van der Waals surface area (Å²) in [7, 11) is 5.48. The summed E-state index contributed by atoms with van der Waals surface area (Å²) in [5.41, 5.74) is 1.35. The Hall–Kier alpha value is -2.64. The van der Waals surface area contributed by atoms with Gasteiger partial charge in [-0.25, -0.2) is 0 Å². The highest BCUT2D eigenvalue weighted by atomic mass is 79.9. The number of carbonyl (C=O) groups excluding carboxylic acids is 2. The molecule has 0 aliphatic carbocycles. The van der Waals surface area contributed by atoms with Crippen LogP contribution in [0.3, 0.4) is 0 Å². The van der Waals surface area contributed by atoms with Crippen LogP contribution >= 0.6 is 15.9 Å². The van der Waals surface area contributed by atoms with Crippen molar-refractivity contribution in [2.75, 3.05) is 34.3 Å². The molecule has 0 radical (unpaired) electrons. The first-order chi connectivity index (χ1) is 14.3. The number of likely N-dealkylation sites (tertiary alicyclic amines) is 1. The van der Waals surface area contributed by atoms with Crippen LogP contribution in [-0.4, -0.2) is 60.9 Å². The number of hydrogen-bond acceptors (Lipinski definition) is 5. The number of aliphatic hydroxyl groups excluding tert-OH is 1. The molecule has 1 saturated heterocycles. The van der Waals surface area contributed by atoms with E-state index in [0.717, 1.165) is 23.0 Å². The lowest BCUT2D eigenvalue weighted by atomic mass is 9.95. The van der Waals surface area contributed by atoms with Crippen molar-refractivity contribution in [3.8, 4) is 5.75 Å². The van der Waals surface area contributed by atoms with E-state index < -0.39 is 17.7 Å². The lowest BCUT2D eigenvalue weighted by Crippen LogP contribution is -2.32. The summed E-state index contributed by atoms with van der Waals surface area (Å²) in [6, 6.07) is 13.6. The lowest BCUT2D eigenvalue weighted by molar-refractivity contribution is -0.139. The number of halogens is 1. The van der Waals surface area contributed by atoms with Crippen LogP contribution < -0.4 is 4.74 Å². The molecule has 1 aliphatic heterocycles. The first-order valence-electron chi connectivity index (χ1n) is 9.66. The number of rotatable bonds is 7. The SMILES string of the molecule is COc1ccc(C(O)=C2C(=O)C(=O)N(CCCN(C)C)[C@H]2c2ccc(Br)cc2)cc1. The predicted octanol–water partition coefficient (Wildman–Crippen LogP) is 3.83. The summed E-state index contributed by atoms with van der Waals surface area (Å²) in [5.74, 6) is -0.794. The van der Waals surface area contributed by atoms with Crippen LogP contribution in [0, 0.1) is 0 Å². The van der Waals surface area contributed by atoms with Gasteiger partial charge in [0.25, 0.3) is 11.7 Å². The van der Waals surface area contributed by atoms with E-state index in [1.54, 1.807) is 36.3 Å². The molecule has 30 heavy (non-hydrogen) atoms. The molecular formula is C23H25BrN2O4. The van der Waals surface area contributed by atoms with Crippen LogP contribution in [0.2, 0.25) is 0 Å². The first kappa shape index (κ1) is 22.1. The molecule has 0 bridgehead atoms. The number of nitrogens with zero attached hydrogens (tertiary/aromatic N) is 2. The van der Waals surface area contributed by atoms with Crippen molar-refractivity contribution < 1.29 is 19.4 Å². The van der Waals surface area contributed by atoms with Crippen molar-refractivity contribution in [1.82, 2.24) is 9.80 Å². The topological polar surface area (TPSA) is 70.1 Å². The number of hydrogen-bond donors (Lipinski definition) is 1. The maximum absolute atomic E-state index is 12.9. The van der Waals surface area contributed by atoms with E-state index in [9.17, 15) is 14.7 Å². The molecule has 0 saturated carbocycles.